The lowest BCUT2D eigenvalue weighted by atomic mass is 10.2. The Morgan fingerprint density at radius 1 is 1.38 bits per heavy atom. The highest BCUT2D eigenvalue weighted by Gasteiger charge is 2.03. The molecule has 1 aromatic carbocycles. The summed E-state index contributed by atoms with van der Waals surface area (Å²) in [6.07, 6.45) is 7.36. The van der Waals surface area contributed by atoms with Crippen LogP contribution in [0, 0.1) is 12.3 Å². The van der Waals surface area contributed by atoms with Crippen LogP contribution in [0.25, 0.3) is 0 Å². The fraction of sp³-hybridized carbons (Fsp3) is 0.429. The molecule has 1 rings (SSSR count). The van der Waals surface area contributed by atoms with Crippen molar-refractivity contribution in [1.29, 1.82) is 0 Å². The maximum absolute atomic E-state index is 5.58. The molecule has 0 aliphatic heterocycles. The maximum atomic E-state index is 5.58. The van der Waals surface area contributed by atoms with Gasteiger partial charge in [0.25, 0.3) is 0 Å². The molecule has 16 heavy (non-hydrogen) atoms. The monoisotopic (exact) mass is 217 g/mol. The molecule has 1 unspecified atom stereocenters. The van der Waals surface area contributed by atoms with Crippen LogP contribution in [0.3, 0.4) is 0 Å². The summed E-state index contributed by atoms with van der Waals surface area (Å²) in [5, 5.41) is 3.29. The first-order valence-electron chi connectivity index (χ1n) is 5.74. The average molecular weight is 217 g/mol. The molecule has 0 radical (unpaired) electrons. The van der Waals surface area contributed by atoms with Crippen LogP contribution in [-0.4, -0.2) is 19.2 Å². The Hall–Kier alpha value is -1.46. The van der Waals surface area contributed by atoms with Crippen LogP contribution in [0.1, 0.15) is 19.8 Å². The molecular weight excluding hydrogens is 198 g/mol. The van der Waals surface area contributed by atoms with Crippen molar-refractivity contribution in [3.8, 4) is 18.1 Å². The Balaban J connectivity index is 2.21. The molecule has 0 saturated carbocycles. The summed E-state index contributed by atoms with van der Waals surface area (Å²) < 4.78 is 5.58. The van der Waals surface area contributed by atoms with Gasteiger partial charge in [0.1, 0.15) is 5.75 Å². The molecule has 2 heteroatoms. The second kappa shape index (κ2) is 7.78. The summed E-state index contributed by atoms with van der Waals surface area (Å²) in [6.45, 7) is 3.73. The summed E-state index contributed by atoms with van der Waals surface area (Å²) in [5.41, 5.74) is 0. The van der Waals surface area contributed by atoms with E-state index >= 15 is 0 Å². The molecule has 0 aliphatic rings. The largest absolute Gasteiger partial charge is 0.494 e. The van der Waals surface area contributed by atoms with Crippen molar-refractivity contribution in [1.82, 2.24) is 5.32 Å². The molecule has 2 nitrogen and oxygen atoms in total. The third-order valence-corrected chi connectivity index (χ3v) is 2.26. The molecule has 0 heterocycles. The van der Waals surface area contributed by atoms with Gasteiger partial charge < -0.3 is 10.1 Å². The van der Waals surface area contributed by atoms with Crippen molar-refractivity contribution in [2.24, 2.45) is 0 Å². The molecule has 0 aliphatic carbocycles. The first-order valence-corrected chi connectivity index (χ1v) is 5.74. The predicted molar refractivity (Wildman–Crippen MR) is 67.5 cm³/mol. The SMILES string of the molecule is C#CC(CCOc1ccccc1)NCCC. The Morgan fingerprint density at radius 3 is 2.75 bits per heavy atom. The lowest BCUT2D eigenvalue weighted by Crippen LogP contribution is -2.29. The lowest BCUT2D eigenvalue weighted by molar-refractivity contribution is 0.298. The van der Waals surface area contributed by atoms with Crippen LogP contribution in [0.2, 0.25) is 0 Å². The zero-order valence-electron chi connectivity index (χ0n) is 9.78. The van der Waals surface area contributed by atoms with Crippen molar-refractivity contribution >= 4 is 0 Å². The van der Waals surface area contributed by atoms with Gasteiger partial charge in [0.15, 0.2) is 0 Å². The number of hydrogen-bond donors (Lipinski definition) is 1. The van der Waals surface area contributed by atoms with E-state index in [4.69, 9.17) is 11.2 Å². The zero-order chi connectivity index (χ0) is 11.6. The van der Waals surface area contributed by atoms with E-state index in [1.165, 1.54) is 0 Å². The number of nitrogens with one attached hydrogen (secondary N) is 1. The topological polar surface area (TPSA) is 21.3 Å². The summed E-state index contributed by atoms with van der Waals surface area (Å²) in [5.74, 6) is 3.63. The summed E-state index contributed by atoms with van der Waals surface area (Å²) in [4.78, 5) is 0. The van der Waals surface area contributed by atoms with Gasteiger partial charge >= 0.3 is 0 Å². The summed E-state index contributed by atoms with van der Waals surface area (Å²) in [6, 6.07) is 9.91. The smallest absolute Gasteiger partial charge is 0.119 e. The molecule has 86 valence electrons. The van der Waals surface area contributed by atoms with Crippen LogP contribution < -0.4 is 10.1 Å². The molecule has 0 aromatic heterocycles. The van der Waals surface area contributed by atoms with Gasteiger partial charge in [-0.1, -0.05) is 31.0 Å². The van der Waals surface area contributed by atoms with Crippen LogP contribution in [0.4, 0.5) is 0 Å². The molecule has 0 fully saturated rings. The van der Waals surface area contributed by atoms with E-state index in [0.717, 1.165) is 25.1 Å². The van der Waals surface area contributed by atoms with Crippen LogP contribution >= 0.6 is 0 Å². The van der Waals surface area contributed by atoms with E-state index in [1.54, 1.807) is 0 Å². The minimum atomic E-state index is 0.115. The lowest BCUT2D eigenvalue weighted by Gasteiger charge is -2.12. The molecular formula is C14H19NO. The van der Waals surface area contributed by atoms with Crippen molar-refractivity contribution in [3.05, 3.63) is 30.3 Å². The third kappa shape index (κ3) is 4.86. The van der Waals surface area contributed by atoms with E-state index in [-0.39, 0.29) is 6.04 Å². The molecule has 1 atom stereocenters. The number of terminal acetylenes is 1. The number of hydrogen-bond acceptors (Lipinski definition) is 2. The maximum Gasteiger partial charge on any atom is 0.119 e. The van der Waals surface area contributed by atoms with Crippen molar-refractivity contribution < 1.29 is 4.74 Å². The van der Waals surface area contributed by atoms with Crippen molar-refractivity contribution in [2.45, 2.75) is 25.8 Å². The van der Waals surface area contributed by atoms with Crippen molar-refractivity contribution in [2.75, 3.05) is 13.2 Å². The van der Waals surface area contributed by atoms with Crippen LogP contribution in [0.5, 0.6) is 5.75 Å². The van der Waals surface area contributed by atoms with E-state index in [9.17, 15) is 0 Å². The Morgan fingerprint density at radius 2 is 2.12 bits per heavy atom. The molecule has 0 amide bonds. The van der Waals surface area contributed by atoms with Crippen molar-refractivity contribution in [3.63, 3.8) is 0 Å². The van der Waals surface area contributed by atoms with Crippen LogP contribution in [0.15, 0.2) is 30.3 Å². The minimum Gasteiger partial charge on any atom is -0.494 e. The zero-order valence-corrected chi connectivity index (χ0v) is 9.78. The Bertz CT molecular complexity index is 315. The molecule has 0 saturated heterocycles. The Kier molecular flexibility index (Phi) is 6.13. The first-order chi connectivity index (χ1) is 7.86. The van der Waals surface area contributed by atoms with E-state index < -0.39 is 0 Å². The molecule has 0 spiro atoms. The quantitative estimate of drug-likeness (QED) is 0.708. The van der Waals surface area contributed by atoms with Gasteiger partial charge in [0.2, 0.25) is 0 Å². The van der Waals surface area contributed by atoms with E-state index in [0.29, 0.717) is 6.61 Å². The molecule has 1 N–H and O–H groups in total. The van der Waals surface area contributed by atoms with Gasteiger partial charge in [-0.3, -0.25) is 0 Å². The van der Waals surface area contributed by atoms with Gasteiger partial charge in [-0.05, 0) is 25.1 Å². The van der Waals surface area contributed by atoms with E-state index in [2.05, 4.69) is 18.2 Å². The minimum absolute atomic E-state index is 0.115. The number of rotatable bonds is 7. The fourth-order valence-corrected chi connectivity index (χ4v) is 1.37. The van der Waals surface area contributed by atoms with Gasteiger partial charge in [-0.2, -0.15) is 0 Å². The number of benzene rings is 1. The van der Waals surface area contributed by atoms with Gasteiger partial charge in [0, 0.05) is 6.42 Å². The third-order valence-electron chi connectivity index (χ3n) is 2.26. The van der Waals surface area contributed by atoms with Gasteiger partial charge in [0.05, 0.1) is 12.6 Å². The van der Waals surface area contributed by atoms with Gasteiger partial charge in [-0.15, -0.1) is 6.42 Å². The second-order valence-corrected chi connectivity index (χ2v) is 3.62. The highest BCUT2D eigenvalue weighted by molar-refractivity contribution is 5.20. The second-order valence-electron chi connectivity index (χ2n) is 3.62. The predicted octanol–water partition coefficient (Wildman–Crippen LogP) is 2.46. The summed E-state index contributed by atoms with van der Waals surface area (Å²) in [7, 11) is 0. The molecule has 0 bridgehead atoms. The van der Waals surface area contributed by atoms with Gasteiger partial charge in [-0.25, -0.2) is 0 Å². The van der Waals surface area contributed by atoms with E-state index in [1.807, 2.05) is 30.3 Å². The number of para-hydroxylation sites is 1. The normalized spacial score (nSPS) is 11.8. The summed E-state index contributed by atoms with van der Waals surface area (Å²) >= 11 is 0. The van der Waals surface area contributed by atoms with Crippen LogP contribution in [-0.2, 0) is 0 Å². The number of ether oxygens (including phenoxy) is 1. The fourth-order valence-electron chi connectivity index (χ4n) is 1.37. The highest BCUT2D eigenvalue weighted by atomic mass is 16.5. The Labute approximate surface area is 98.0 Å². The average Bonchev–Trinajstić information content (AvgIpc) is 2.35. The highest BCUT2D eigenvalue weighted by Crippen LogP contribution is 2.08. The molecule has 1 aromatic rings. The first kappa shape index (κ1) is 12.6. The standard InChI is InChI=1S/C14H19NO/c1-3-11-15-13(4-2)10-12-16-14-8-6-5-7-9-14/h2,5-9,13,15H,3,10-12H2,1H3.